The van der Waals surface area contributed by atoms with Gasteiger partial charge < -0.3 is 0 Å². The van der Waals surface area contributed by atoms with Crippen LogP contribution in [0.5, 0.6) is 0 Å². The number of anilines is 1. The molecule has 0 radical (unpaired) electrons. The molecular weight excluding hydrogens is 280 g/mol. The third-order valence-corrected chi connectivity index (χ3v) is 4.33. The standard InChI is InChI=1S/C17H16N2OS/c1-3-12-6-9-14-15(10-12)21-17(18-14)19-16(20)13-7-4-11(2)5-8-13/h4-10H,3H2,1-2H3,(H,18,19,20). The summed E-state index contributed by atoms with van der Waals surface area (Å²) in [5.74, 6) is -0.121. The molecule has 0 spiro atoms. The van der Waals surface area contributed by atoms with Crippen LogP contribution in [0.2, 0.25) is 0 Å². The van der Waals surface area contributed by atoms with Crippen molar-refractivity contribution in [1.82, 2.24) is 4.98 Å². The van der Waals surface area contributed by atoms with Gasteiger partial charge in [0.25, 0.3) is 5.91 Å². The Morgan fingerprint density at radius 2 is 1.95 bits per heavy atom. The van der Waals surface area contributed by atoms with Crippen molar-refractivity contribution < 1.29 is 4.79 Å². The largest absolute Gasteiger partial charge is 0.298 e. The summed E-state index contributed by atoms with van der Waals surface area (Å²) in [7, 11) is 0. The first-order valence-corrected chi connectivity index (χ1v) is 7.75. The van der Waals surface area contributed by atoms with Crippen LogP contribution in [0.25, 0.3) is 10.2 Å². The minimum absolute atomic E-state index is 0.121. The van der Waals surface area contributed by atoms with Crippen LogP contribution in [0.1, 0.15) is 28.4 Å². The summed E-state index contributed by atoms with van der Waals surface area (Å²) in [5, 5.41) is 3.52. The zero-order valence-electron chi connectivity index (χ0n) is 12.0. The van der Waals surface area contributed by atoms with E-state index in [0.29, 0.717) is 10.7 Å². The van der Waals surface area contributed by atoms with E-state index in [9.17, 15) is 4.79 Å². The highest BCUT2D eigenvalue weighted by atomic mass is 32.1. The lowest BCUT2D eigenvalue weighted by Gasteiger charge is -2.01. The predicted molar refractivity (Wildman–Crippen MR) is 88.1 cm³/mol. The van der Waals surface area contributed by atoms with E-state index in [0.717, 1.165) is 22.2 Å². The normalized spacial score (nSPS) is 10.8. The second-order valence-corrected chi connectivity index (χ2v) is 6.03. The molecule has 3 aromatic rings. The van der Waals surface area contributed by atoms with Crippen LogP contribution in [0, 0.1) is 6.92 Å². The Kier molecular flexibility index (Phi) is 3.71. The molecule has 0 bridgehead atoms. The van der Waals surface area contributed by atoms with Crippen molar-refractivity contribution in [2.24, 2.45) is 0 Å². The van der Waals surface area contributed by atoms with Crippen LogP contribution < -0.4 is 5.32 Å². The molecule has 0 aliphatic heterocycles. The van der Waals surface area contributed by atoms with E-state index in [-0.39, 0.29) is 5.91 Å². The number of rotatable bonds is 3. The molecule has 3 rings (SSSR count). The van der Waals surface area contributed by atoms with Crippen LogP contribution in [0.3, 0.4) is 0 Å². The molecule has 0 aliphatic carbocycles. The maximum Gasteiger partial charge on any atom is 0.257 e. The van der Waals surface area contributed by atoms with E-state index in [2.05, 4.69) is 29.4 Å². The Hall–Kier alpha value is -2.20. The lowest BCUT2D eigenvalue weighted by atomic mass is 10.1. The molecule has 1 aromatic heterocycles. The van der Waals surface area contributed by atoms with E-state index in [1.54, 1.807) is 0 Å². The van der Waals surface area contributed by atoms with Crippen molar-refractivity contribution in [3.63, 3.8) is 0 Å². The van der Waals surface area contributed by atoms with E-state index in [4.69, 9.17) is 0 Å². The van der Waals surface area contributed by atoms with Crippen molar-refractivity contribution >= 4 is 32.6 Å². The number of thiazole rings is 1. The summed E-state index contributed by atoms with van der Waals surface area (Å²) in [5.41, 5.74) is 3.99. The SMILES string of the molecule is CCc1ccc2nc(NC(=O)c3ccc(C)cc3)sc2c1. The van der Waals surface area contributed by atoms with Crippen LogP contribution in [0.15, 0.2) is 42.5 Å². The summed E-state index contributed by atoms with van der Waals surface area (Å²) in [4.78, 5) is 16.6. The molecule has 0 saturated heterocycles. The Bertz CT molecular complexity index is 790. The van der Waals surface area contributed by atoms with Crippen molar-refractivity contribution in [2.75, 3.05) is 5.32 Å². The second kappa shape index (κ2) is 5.66. The molecule has 2 aromatic carbocycles. The van der Waals surface area contributed by atoms with Gasteiger partial charge in [0.2, 0.25) is 0 Å². The molecule has 21 heavy (non-hydrogen) atoms. The van der Waals surface area contributed by atoms with Gasteiger partial charge in [0.05, 0.1) is 10.2 Å². The fourth-order valence-electron chi connectivity index (χ4n) is 2.12. The molecule has 0 atom stereocenters. The van der Waals surface area contributed by atoms with Gasteiger partial charge in [-0.25, -0.2) is 4.98 Å². The Morgan fingerprint density at radius 3 is 2.67 bits per heavy atom. The molecule has 1 N–H and O–H groups in total. The average molecular weight is 296 g/mol. The number of aryl methyl sites for hydroxylation is 2. The van der Waals surface area contributed by atoms with Crippen molar-refractivity contribution in [1.29, 1.82) is 0 Å². The summed E-state index contributed by atoms with van der Waals surface area (Å²) in [6.45, 7) is 4.13. The monoisotopic (exact) mass is 296 g/mol. The Labute approximate surface area is 127 Å². The number of nitrogens with zero attached hydrogens (tertiary/aromatic N) is 1. The van der Waals surface area contributed by atoms with Crippen LogP contribution in [0.4, 0.5) is 5.13 Å². The van der Waals surface area contributed by atoms with Gasteiger partial charge in [0.1, 0.15) is 0 Å². The topological polar surface area (TPSA) is 42.0 Å². The minimum Gasteiger partial charge on any atom is -0.298 e. The fourth-order valence-corrected chi connectivity index (χ4v) is 3.04. The number of nitrogens with one attached hydrogen (secondary N) is 1. The second-order valence-electron chi connectivity index (χ2n) is 4.99. The number of benzene rings is 2. The first-order chi connectivity index (χ1) is 10.2. The number of fused-ring (bicyclic) bond motifs is 1. The number of carbonyl (C=O) groups excluding carboxylic acids is 1. The molecule has 106 valence electrons. The number of carbonyl (C=O) groups is 1. The highest BCUT2D eigenvalue weighted by Crippen LogP contribution is 2.27. The lowest BCUT2D eigenvalue weighted by Crippen LogP contribution is -2.11. The summed E-state index contributed by atoms with van der Waals surface area (Å²) in [6, 6.07) is 13.7. The first kappa shape index (κ1) is 13.8. The van der Waals surface area contributed by atoms with E-state index in [1.807, 2.05) is 37.3 Å². The molecule has 0 unspecified atom stereocenters. The van der Waals surface area contributed by atoms with E-state index >= 15 is 0 Å². The number of hydrogen-bond donors (Lipinski definition) is 1. The molecule has 4 heteroatoms. The quantitative estimate of drug-likeness (QED) is 0.777. The molecule has 0 saturated carbocycles. The maximum atomic E-state index is 12.2. The third-order valence-electron chi connectivity index (χ3n) is 3.40. The van der Waals surface area contributed by atoms with Crippen LogP contribution in [-0.4, -0.2) is 10.9 Å². The van der Waals surface area contributed by atoms with Gasteiger partial charge in [-0.15, -0.1) is 0 Å². The van der Waals surface area contributed by atoms with E-state index in [1.165, 1.54) is 16.9 Å². The van der Waals surface area contributed by atoms with Crippen molar-refractivity contribution in [2.45, 2.75) is 20.3 Å². The highest BCUT2D eigenvalue weighted by Gasteiger charge is 2.10. The molecule has 1 heterocycles. The van der Waals surface area contributed by atoms with Gasteiger partial charge in [-0.2, -0.15) is 0 Å². The first-order valence-electron chi connectivity index (χ1n) is 6.93. The van der Waals surface area contributed by atoms with Gasteiger partial charge >= 0.3 is 0 Å². The number of amides is 1. The van der Waals surface area contributed by atoms with Gasteiger partial charge in [-0.1, -0.05) is 42.0 Å². The van der Waals surface area contributed by atoms with Gasteiger partial charge in [-0.3, -0.25) is 10.1 Å². The van der Waals surface area contributed by atoms with Gasteiger partial charge in [-0.05, 0) is 43.2 Å². The zero-order valence-corrected chi connectivity index (χ0v) is 12.8. The molecule has 0 fully saturated rings. The molecule has 3 nitrogen and oxygen atoms in total. The Balaban J connectivity index is 1.84. The fraction of sp³-hybridized carbons (Fsp3) is 0.176. The molecular formula is C17H16N2OS. The lowest BCUT2D eigenvalue weighted by molar-refractivity contribution is 0.102. The number of hydrogen-bond acceptors (Lipinski definition) is 3. The summed E-state index contributed by atoms with van der Waals surface area (Å²) < 4.78 is 1.11. The smallest absolute Gasteiger partial charge is 0.257 e. The van der Waals surface area contributed by atoms with Crippen molar-refractivity contribution in [3.05, 3.63) is 59.2 Å². The van der Waals surface area contributed by atoms with Crippen LogP contribution in [-0.2, 0) is 6.42 Å². The van der Waals surface area contributed by atoms with Crippen molar-refractivity contribution in [3.8, 4) is 0 Å². The molecule has 0 aliphatic rings. The minimum atomic E-state index is -0.121. The number of aromatic nitrogens is 1. The van der Waals surface area contributed by atoms with Crippen LogP contribution >= 0.6 is 11.3 Å². The third kappa shape index (κ3) is 2.95. The highest BCUT2D eigenvalue weighted by molar-refractivity contribution is 7.22. The summed E-state index contributed by atoms with van der Waals surface area (Å²) >= 11 is 1.51. The van der Waals surface area contributed by atoms with E-state index < -0.39 is 0 Å². The van der Waals surface area contributed by atoms with Gasteiger partial charge in [0, 0.05) is 5.56 Å². The zero-order chi connectivity index (χ0) is 14.8. The predicted octanol–water partition coefficient (Wildman–Crippen LogP) is 4.42. The average Bonchev–Trinajstić information content (AvgIpc) is 2.88. The summed E-state index contributed by atoms with van der Waals surface area (Å²) in [6.07, 6.45) is 0.999. The Morgan fingerprint density at radius 1 is 1.19 bits per heavy atom. The molecule has 1 amide bonds. The van der Waals surface area contributed by atoms with Gasteiger partial charge in [0.15, 0.2) is 5.13 Å². The maximum absolute atomic E-state index is 12.2.